The van der Waals surface area contributed by atoms with Crippen molar-refractivity contribution in [2.24, 2.45) is 0 Å². The number of non-ortho nitro benzene ring substituents is 2. The van der Waals surface area contributed by atoms with Crippen molar-refractivity contribution in [3.05, 3.63) is 80.9 Å². The van der Waals surface area contributed by atoms with E-state index in [0.717, 1.165) is 0 Å². The lowest BCUT2D eigenvalue weighted by molar-refractivity contribution is -0.385. The molecule has 0 aromatic heterocycles. The molecule has 0 aliphatic rings. The van der Waals surface area contributed by atoms with Crippen molar-refractivity contribution in [3.63, 3.8) is 0 Å². The van der Waals surface area contributed by atoms with Crippen LogP contribution in [0.3, 0.4) is 0 Å². The van der Waals surface area contributed by atoms with E-state index in [0.29, 0.717) is 0 Å². The van der Waals surface area contributed by atoms with Gasteiger partial charge in [0.2, 0.25) is 0 Å². The van der Waals surface area contributed by atoms with Crippen molar-refractivity contribution < 1.29 is 24.9 Å². The summed E-state index contributed by atoms with van der Waals surface area (Å²) in [7, 11) is 0. The Hall–Kier alpha value is -3.49. The van der Waals surface area contributed by atoms with Gasteiger partial charge in [0.25, 0.3) is 11.4 Å². The molecule has 0 saturated heterocycles. The summed E-state index contributed by atoms with van der Waals surface area (Å²) in [4.78, 5) is 27.7. The summed E-state index contributed by atoms with van der Waals surface area (Å²) in [6, 6.07) is 15.9. The van der Waals surface area contributed by atoms with Gasteiger partial charge in [0.15, 0.2) is 0 Å². The van der Waals surface area contributed by atoms with Gasteiger partial charge in [0, 0.05) is 24.3 Å². The third-order valence-electron chi connectivity index (χ3n) is 1.93. The number of nitro benzene ring substituents is 2. The van der Waals surface area contributed by atoms with Crippen molar-refractivity contribution in [2.75, 3.05) is 0 Å². The average molecular weight is 308 g/mol. The number of nitrogens with zero attached hydrogens (tertiary/aromatic N) is 2. The predicted molar refractivity (Wildman–Crippen MR) is 76.8 cm³/mol. The highest BCUT2D eigenvalue weighted by molar-refractivity contribution is 5.53. The molecule has 9 nitrogen and oxygen atoms in total. The molecule has 2 N–H and O–H groups in total. The van der Waals surface area contributed by atoms with Crippen LogP contribution in [0.5, 0.6) is 0 Å². The molecule has 0 saturated carbocycles. The number of rotatable bonds is 2. The van der Waals surface area contributed by atoms with E-state index < -0.39 is 16.0 Å². The van der Waals surface area contributed by atoms with Gasteiger partial charge in [-0.1, -0.05) is 36.4 Å². The van der Waals surface area contributed by atoms with Crippen LogP contribution in [0.1, 0.15) is 0 Å². The van der Waals surface area contributed by atoms with Crippen molar-refractivity contribution in [2.45, 2.75) is 0 Å². The molecule has 2 aromatic rings. The minimum absolute atomic E-state index is 0.137. The first-order chi connectivity index (χ1) is 10.3. The quantitative estimate of drug-likeness (QED) is 0.638. The molecule has 0 aliphatic carbocycles. The van der Waals surface area contributed by atoms with E-state index >= 15 is 0 Å². The monoisotopic (exact) mass is 308 g/mol. The third kappa shape index (κ3) is 9.44. The van der Waals surface area contributed by atoms with Crippen molar-refractivity contribution in [1.29, 1.82) is 0 Å². The van der Waals surface area contributed by atoms with Gasteiger partial charge in [-0.05, 0) is 0 Å². The van der Waals surface area contributed by atoms with Crippen LogP contribution < -0.4 is 0 Å². The molecule has 22 heavy (non-hydrogen) atoms. The van der Waals surface area contributed by atoms with Crippen molar-refractivity contribution >= 4 is 17.5 Å². The molecular weight excluding hydrogens is 296 g/mol. The Kier molecular flexibility index (Phi) is 8.68. The zero-order chi connectivity index (χ0) is 17.0. The second-order valence-corrected chi connectivity index (χ2v) is 3.47. The summed E-state index contributed by atoms with van der Waals surface area (Å²) in [5.41, 5.74) is 0.273. The lowest BCUT2D eigenvalue weighted by Gasteiger charge is -1.85. The molecular formula is C13H12N2O7. The maximum atomic E-state index is 10.0. The van der Waals surface area contributed by atoms with Gasteiger partial charge in [-0.15, -0.1) is 0 Å². The number of carboxylic acid groups (broad SMARTS) is 2. The third-order valence-corrected chi connectivity index (χ3v) is 1.93. The van der Waals surface area contributed by atoms with E-state index in [9.17, 15) is 20.2 Å². The fourth-order valence-corrected chi connectivity index (χ4v) is 1.10. The minimum Gasteiger partial charge on any atom is -0.450 e. The Morgan fingerprint density at radius 1 is 0.727 bits per heavy atom. The summed E-state index contributed by atoms with van der Waals surface area (Å²) >= 11 is 0. The largest absolute Gasteiger partial charge is 0.503 e. The normalized spacial score (nSPS) is 8.36. The van der Waals surface area contributed by atoms with Crippen LogP contribution in [0.4, 0.5) is 16.2 Å². The van der Waals surface area contributed by atoms with Crippen molar-refractivity contribution in [3.8, 4) is 0 Å². The van der Waals surface area contributed by atoms with Gasteiger partial charge >= 0.3 is 6.16 Å². The second-order valence-electron chi connectivity index (χ2n) is 3.47. The Bertz CT molecular complexity index is 549. The highest BCUT2D eigenvalue weighted by Gasteiger charge is 1.99. The maximum Gasteiger partial charge on any atom is 0.503 e. The Morgan fingerprint density at radius 2 is 0.955 bits per heavy atom. The second kappa shape index (κ2) is 10.3. The SMILES string of the molecule is O=C(O)O.O=[N+]([O-])c1ccccc1.O=[N+]([O-])c1ccccc1. The molecule has 0 bridgehead atoms. The Morgan fingerprint density at radius 3 is 1.09 bits per heavy atom. The molecule has 0 fully saturated rings. The highest BCUT2D eigenvalue weighted by atomic mass is 16.6. The molecule has 0 aliphatic heterocycles. The molecule has 2 rings (SSSR count). The fraction of sp³-hybridized carbons (Fsp3) is 0. The van der Waals surface area contributed by atoms with E-state index in [4.69, 9.17) is 15.0 Å². The highest BCUT2D eigenvalue weighted by Crippen LogP contribution is 2.07. The molecule has 9 heteroatoms. The minimum atomic E-state index is -1.83. The summed E-state index contributed by atoms with van der Waals surface area (Å²) in [6.07, 6.45) is -1.83. The van der Waals surface area contributed by atoms with Gasteiger partial charge in [0.1, 0.15) is 0 Å². The van der Waals surface area contributed by atoms with Gasteiger partial charge in [-0.25, -0.2) is 4.79 Å². The fourth-order valence-electron chi connectivity index (χ4n) is 1.10. The Balaban J connectivity index is 0.000000326. The van der Waals surface area contributed by atoms with Crippen LogP contribution >= 0.6 is 0 Å². The maximum absolute atomic E-state index is 10.0. The van der Waals surface area contributed by atoms with Gasteiger partial charge in [0.05, 0.1) is 9.85 Å². The summed E-state index contributed by atoms with van der Waals surface area (Å²) in [5, 5.41) is 34.0. The molecule has 0 heterocycles. The summed E-state index contributed by atoms with van der Waals surface area (Å²) in [6.45, 7) is 0. The van der Waals surface area contributed by atoms with Crippen molar-refractivity contribution in [1.82, 2.24) is 0 Å². The smallest absolute Gasteiger partial charge is 0.450 e. The summed E-state index contributed by atoms with van der Waals surface area (Å²) < 4.78 is 0. The van der Waals surface area contributed by atoms with Crippen LogP contribution in [-0.2, 0) is 0 Å². The molecule has 2 aromatic carbocycles. The zero-order valence-corrected chi connectivity index (χ0v) is 11.1. The van der Waals surface area contributed by atoms with E-state index in [-0.39, 0.29) is 11.4 Å². The van der Waals surface area contributed by atoms with Crippen LogP contribution in [0.15, 0.2) is 60.7 Å². The number of benzene rings is 2. The van der Waals surface area contributed by atoms with E-state index in [2.05, 4.69) is 0 Å². The topological polar surface area (TPSA) is 144 Å². The average Bonchev–Trinajstić information content (AvgIpc) is 2.49. The number of carbonyl (C=O) groups is 1. The summed E-state index contributed by atoms with van der Waals surface area (Å²) in [5.74, 6) is 0. The van der Waals surface area contributed by atoms with Crippen LogP contribution in [0, 0.1) is 20.2 Å². The van der Waals surface area contributed by atoms with E-state index in [1.807, 2.05) is 0 Å². The molecule has 116 valence electrons. The molecule has 0 amide bonds. The Labute approximate surface area is 124 Å². The number of para-hydroxylation sites is 2. The first-order valence-corrected chi connectivity index (χ1v) is 5.65. The lowest BCUT2D eigenvalue weighted by Crippen LogP contribution is -1.84. The van der Waals surface area contributed by atoms with E-state index in [1.165, 1.54) is 24.3 Å². The number of nitro groups is 2. The lowest BCUT2D eigenvalue weighted by atomic mass is 10.3. The zero-order valence-electron chi connectivity index (χ0n) is 11.1. The molecule has 0 radical (unpaired) electrons. The van der Waals surface area contributed by atoms with Crippen LogP contribution in [0.2, 0.25) is 0 Å². The molecule has 0 unspecified atom stereocenters. The van der Waals surface area contributed by atoms with Gasteiger partial charge in [-0.3, -0.25) is 20.2 Å². The van der Waals surface area contributed by atoms with Gasteiger partial charge in [-0.2, -0.15) is 0 Å². The standard InChI is InChI=1S/2C6H5NO2.CH2O3/c2*8-7(9)6-4-2-1-3-5-6;2-1(3)4/h2*1-5H;(H2,2,3,4). The van der Waals surface area contributed by atoms with Gasteiger partial charge < -0.3 is 10.2 Å². The first kappa shape index (κ1) is 18.5. The van der Waals surface area contributed by atoms with Crippen LogP contribution in [-0.4, -0.2) is 26.2 Å². The number of hydrogen-bond donors (Lipinski definition) is 2. The molecule has 0 spiro atoms. The predicted octanol–water partition coefficient (Wildman–Crippen LogP) is 3.41. The van der Waals surface area contributed by atoms with E-state index in [1.54, 1.807) is 36.4 Å². The first-order valence-electron chi connectivity index (χ1n) is 5.65. The molecule has 0 atom stereocenters. The number of hydrogen-bond acceptors (Lipinski definition) is 5. The van der Waals surface area contributed by atoms with Crippen LogP contribution in [0.25, 0.3) is 0 Å².